The van der Waals surface area contributed by atoms with Gasteiger partial charge in [0.05, 0.1) is 6.20 Å². The molecule has 5 heteroatoms. The third kappa shape index (κ3) is 3.12. The molecule has 1 N–H and O–H groups in total. The van der Waals surface area contributed by atoms with Gasteiger partial charge in [-0.1, -0.05) is 24.4 Å². The highest BCUT2D eigenvalue weighted by molar-refractivity contribution is 5.99. The summed E-state index contributed by atoms with van der Waals surface area (Å²) in [6.45, 7) is 0. The molecule has 0 unspecified atom stereocenters. The molecular formula is C16H17FN2O2. The van der Waals surface area contributed by atoms with Crippen molar-refractivity contribution in [2.75, 3.05) is 0 Å². The monoisotopic (exact) mass is 288 g/mol. The summed E-state index contributed by atoms with van der Waals surface area (Å²) in [4.78, 5) is 12.3. The van der Waals surface area contributed by atoms with Crippen LogP contribution in [-0.4, -0.2) is 17.1 Å². The Morgan fingerprint density at radius 1 is 1.19 bits per heavy atom. The molecule has 0 radical (unpaired) electrons. The van der Waals surface area contributed by atoms with E-state index >= 15 is 0 Å². The third-order valence-electron chi connectivity index (χ3n) is 3.86. The van der Waals surface area contributed by atoms with Gasteiger partial charge in [0.15, 0.2) is 5.76 Å². The Morgan fingerprint density at radius 2 is 1.90 bits per heavy atom. The van der Waals surface area contributed by atoms with Gasteiger partial charge >= 0.3 is 0 Å². The van der Waals surface area contributed by atoms with Crippen molar-refractivity contribution >= 4 is 5.91 Å². The molecule has 1 amide bonds. The van der Waals surface area contributed by atoms with Crippen LogP contribution in [0.15, 0.2) is 35.0 Å². The molecule has 1 aliphatic carbocycles. The number of benzene rings is 1. The van der Waals surface area contributed by atoms with Gasteiger partial charge in [0.2, 0.25) is 0 Å². The first-order valence-corrected chi connectivity index (χ1v) is 7.25. The molecule has 0 saturated heterocycles. The number of hydrogen-bond acceptors (Lipinski definition) is 3. The quantitative estimate of drug-likeness (QED) is 0.939. The van der Waals surface area contributed by atoms with E-state index in [2.05, 4.69) is 10.5 Å². The zero-order valence-electron chi connectivity index (χ0n) is 11.6. The van der Waals surface area contributed by atoms with E-state index in [1.807, 2.05) is 0 Å². The molecular weight excluding hydrogens is 271 g/mol. The molecule has 3 rings (SSSR count). The van der Waals surface area contributed by atoms with E-state index in [-0.39, 0.29) is 17.8 Å². The normalized spacial score (nSPS) is 15.9. The van der Waals surface area contributed by atoms with Crippen LogP contribution in [0.1, 0.15) is 42.5 Å². The molecule has 0 bridgehead atoms. The highest BCUT2D eigenvalue weighted by Crippen LogP contribution is 2.24. The molecule has 21 heavy (non-hydrogen) atoms. The van der Waals surface area contributed by atoms with E-state index in [9.17, 15) is 9.18 Å². The molecule has 1 aromatic carbocycles. The van der Waals surface area contributed by atoms with Crippen LogP contribution >= 0.6 is 0 Å². The minimum absolute atomic E-state index is 0.178. The number of aromatic nitrogens is 1. The van der Waals surface area contributed by atoms with Crippen LogP contribution in [0, 0.1) is 5.82 Å². The fourth-order valence-corrected chi connectivity index (χ4v) is 2.72. The number of halogens is 1. The predicted molar refractivity (Wildman–Crippen MR) is 76.2 cm³/mol. The van der Waals surface area contributed by atoms with Crippen molar-refractivity contribution in [3.63, 3.8) is 0 Å². The Kier molecular flexibility index (Phi) is 3.99. The second-order valence-corrected chi connectivity index (χ2v) is 5.38. The lowest BCUT2D eigenvalue weighted by Gasteiger charge is -2.22. The highest BCUT2D eigenvalue weighted by Gasteiger charge is 2.21. The first-order valence-electron chi connectivity index (χ1n) is 7.25. The fourth-order valence-electron chi connectivity index (χ4n) is 2.72. The minimum atomic E-state index is -0.327. The molecule has 0 atom stereocenters. The van der Waals surface area contributed by atoms with Gasteiger partial charge < -0.3 is 9.84 Å². The maximum Gasteiger partial charge on any atom is 0.257 e. The van der Waals surface area contributed by atoms with E-state index in [4.69, 9.17) is 4.52 Å². The van der Waals surface area contributed by atoms with Crippen LogP contribution in [0.5, 0.6) is 0 Å². The van der Waals surface area contributed by atoms with Crippen LogP contribution in [0.2, 0.25) is 0 Å². The van der Waals surface area contributed by atoms with Gasteiger partial charge in [-0.15, -0.1) is 0 Å². The Balaban J connectivity index is 1.78. The van der Waals surface area contributed by atoms with Gasteiger partial charge in [-0.3, -0.25) is 4.79 Å². The summed E-state index contributed by atoms with van der Waals surface area (Å²) in [6.07, 6.45) is 6.99. The zero-order valence-corrected chi connectivity index (χ0v) is 11.6. The summed E-state index contributed by atoms with van der Waals surface area (Å²) < 4.78 is 18.1. The summed E-state index contributed by atoms with van der Waals surface area (Å²) >= 11 is 0. The molecule has 110 valence electrons. The second-order valence-electron chi connectivity index (χ2n) is 5.38. The molecule has 4 nitrogen and oxygen atoms in total. The highest BCUT2D eigenvalue weighted by atomic mass is 19.1. The Bertz CT molecular complexity index is 615. The molecule has 2 aromatic rings. The molecule has 0 spiro atoms. The van der Waals surface area contributed by atoms with Crippen molar-refractivity contribution in [2.45, 2.75) is 38.1 Å². The number of amides is 1. The summed E-state index contributed by atoms with van der Waals surface area (Å²) in [6, 6.07) is 6.05. The number of carbonyl (C=O) groups excluding carboxylic acids is 1. The van der Waals surface area contributed by atoms with Crippen LogP contribution < -0.4 is 5.32 Å². The Hall–Kier alpha value is -2.17. The smallest absolute Gasteiger partial charge is 0.257 e. The van der Waals surface area contributed by atoms with Gasteiger partial charge in [-0.05, 0) is 37.1 Å². The standard InChI is InChI=1S/C16H17FN2O2/c17-12-8-6-11(7-9-12)15-14(10-18-21-15)16(20)19-13-4-2-1-3-5-13/h6-10,13H,1-5H2,(H,19,20). The molecule has 1 fully saturated rings. The van der Waals surface area contributed by atoms with Crippen molar-refractivity contribution in [1.29, 1.82) is 0 Å². The van der Waals surface area contributed by atoms with E-state index < -0.39 is 0 Å². The summed E-state index contributed by atoms with van der Waals surface area (Å²) in [5, 5.41) is 6.74. The van der Waals surface area contributed by atoms with Crippen LogP contribution in [0.25, 0.3) is 11.3 Å². The Morgan fingerprint density at radius 3 is 2.62 bits per heavy atom. The Labute approximate surface area is 122 Å². The number of carbonyl (C=O) groups is 1. The molecule has 1 heterocycles. The summed E-state index contributed by atoms with van der Waals surface area (Å²) in [5.41, 5.74) is 1.04. The zero-order chi connectivity index (χ0) is 14.7. The largest absolute Gasteiger partial charge is 0.355 e. The second kappa shape index (κ2) is 6.08. The number of rotatable bonds is 3. The lowest BCUT2D eigenvalue weighted by Crippen LogP contribution is -2.36. The number of nitrogens with one attached hydrogen (secondary N) is 1. The average Bonchev–Trinajstić information content (AvgIpc) is 2.98. The lowest BCUT2D eigenvalue weighted by molar-refractivity contribution is 0.0928. The first kappa shape index (κ1) is 13.8. The topological polar surface area (TPSA) is 55.1 Å². The van der Waals surface area contributed by atoms with E-state index in [0.29, 0.717) is 16.9 Å². The van der Waals surface area contributed by atoms with Gasteiger partial charge in [-0.2, -0.15) is 0 Å². The summed E-state index contributed by atoms with van der Waals surface area (Å²) in [5.74, 6) is -0.128. The van der Waals surface area contributed by atoms with Crippen molar-refractivity contribution in [1.82, 2.24) is 10.5 Å². The fraction of sp³-hybridized carbons (Fsp3) is 0.375. The number of nitrogens with zero attached hydrogens (tertiary/aromatic N) is 1. The van der Waals surface area contributed by atoms with Crippen LogP contribution in [-0.2, 0) is 0 Å². The van der Waals surface area contributed by atoms with E-state index in [1.54, 1.807) is 12.1 Å². The van der Waals surface area contributed by atoms with Crippen molar-refractivity contribution in [3.05, 3.63) is 41.8 Å². The third-order valence-corrected chi connectivity index (χ3v) is 3.86. The van der Waals surface area contributed by atoms with Gasteiger partial charge in [0.25, 0.3) is 5.91 Å². The van der Waals surface area contributed by atoms with Crippen LogP contribution in [0.4, 0.5) is 4.39 Å². The summed E-state index contributed by atoms with van der Waals surface area (Å²) in [7, 11) is 0. The van der Waals surface area contributed by atoms with Crippen LogP contribution in [0.3, 0.4) is 0 Å². The minimum Gasteiger partial charge on any atom is -0.355 e. The lowest BCUT2D eigenvalue weighted by atomic mass is 9.95. The SMILES string of the molecule is O=C(NC1CCCCC1)c1cnoc1-c1ccc(F)cc1. The van der Waals surface area contributed by atoms with E-state index in [0.717, 1.165) is 25.7 Å². The van der Waals surface area contributed by atoms with Gasteiger partial charge in [-0.25, -0.2) is 4.39 Å². The van der Waals surface area contributed by atoms with Gasteiger partial charge in [0.1, 0.15) is 11.4 Å². The molecule has 1 aliphatic rings. The maximum atomic E-state index is 13.0. The molecule has 1 aromatic heterocycles. The van der Waals surface area contributed by atoms with E-state index in [1.165, 1.54) is 24.8 Å². The molecule has 0 aliphatic heterocycles. The van der Waals surface area contributed by atoms with Crippen molar-refractivity contribution in [3.8, 4) is 11.3 Å². The average molecular weight is 288 g/mol. The van der Waals surface area contributed by atoms with Crippen molar-refractivity contribution in [2.24, 2.45) is 0 Å². The van der Waals surface area contributed by atoms with Gasteiger partial charge in [0, 0.05) is 11.6 Å². The first-order chi connectivity index (χ1) is 10.2. The maximum absolute atomic E-state index is 13.0. The molecule has 1 saturated carbocycles. The predicted octanol–water partition coefficient (Wildman–Crippen LogP) is 3.54. The van der Waals surface area contributed by atoms with Crippen molar-refractivity contribution < 1.29 is 13.7 Å². The number of hydrogen-bond donors (Lipinski definition) is 1.